The van der Waals surface area contributed by atoms with E-state index >= 15 is 0 Å². The summed E-state index contributed by atoms with van der Waals surface area (Å²) in [6.45, 7) is 2.00. The maximum Gasteiger partial charge on any atom is 0.314 e. The van der Waals surface area contributed by atoms with Crippen molar-refractivity contribution in [2.45, 2.75) is 0 Å². The second-order valence-corrected chi connectivity index (χ2v) is 2.18. The summed E-state index contributed by atoms with van der Waals surface area (Å²) in [7, 11) is -3.13. The van der Waals surface area contributed by atoms with E-state index in [9.17, 15) is 0 Å². The van der Waals surface area contributed by atoms with E-state index in [0.717, 1.165) is 0 Å². The molecule has 0 heterocycles. The van der Waals surface area contributed by atoms with Gasteiger partial charge in [-0.3, -0.25) is 4.57 Å². The van der Waals surface area contributed by atoms with Crippen LogP contribution in [0, 0.1) is 0 Å². The van der Waals surface area contributed by atoms with Crippen LogP contribution in [0.2, 0.25) is 0 Å². The summed E-state index contributed by atoms with van der Waals surface area (Å²) in [5, 5.41) is 8.63. The number of rotatable bonds is 0. The maximum atomic E-state index is 8.74. The van der Waals surface area contributed by atoms with E-state index in [2.05, 4.69) is 0 Å². The number of carbonyl (C=O) groups is 1. The molecule has 0 aromatic heterocycles. The molecule has 0 aliphatic heterocycles. The van der Waals surface area contributed by atoms with Crippen LogP contribution in [0.3, 0.4) is 0 Å². The molecule has 0 saturated heterocycles. The highest BCUT2D eigenvalue weighted by Crippen LogP contribution is 2.02. The van der Waals surface area contributed by atoms with Crippen LogP contribution >= 0.6 is 8.25 Å². The zero-order valence-corrected chi connectivity index (χ0v) is 7.75. The van der Waals surface area contributed by atoms with Gasteiger partial charge in [0, 0.05) is 0 Å². The molecule has 0 atom stereocenters. The van der Waals surface area contributed by atoms with E-state index in [4.69, 9.17) is 24.3 Å². The number of hydrogen-bond donors (Lipinski definition) is 3. The van der Waals surface area contributed by atoms with E-state index in [-0.39, 0.29) is 0 Å². The van der Waals surface area contributed by atoms with Crippen molar-refractivity contribution in [3.8, 4) is 5.75 Å². The quantitative estimate of drug-likeness (QED) is 0.539. The lowest BCUT2D eigenvalue weighted by molar-refractivity contribution is -0.0979. The zero-order valence-electron chi connectivity index (χ0n) is 6.75. The Hall–Kier alpha value is -1.16. The number of para-hydroxylation sites is 1. The van der Waals surface area contributed by atoms with Gasteiger partial charge in [0.2, 0.25) is 0 Å². The summed E-state index contributed by atoms with van der Waals surface area (Å²) >= 11 is 0. The van der Waals surface area contributed by atoms with E-state index < -0.39 is 8.25 Å². The summed E-state index contributed by atoms with van der Waals surface area (Å²) < 4.78 is 8.74. The fourth-order valence-electron chi connectivity index (χ4n) is 0.428. The number of hydrogen-bond acceptors (Lipinski definition) is 3. The Bertz CT molecular complexity index is 222. The van der Waals surface area contributed by atoms with Crippen LogP contribution in [0.1, 0.15) is 0 Å². The minimum Gasteiger partial charge on any atom is -0.508 e. The number of phenolic OH excluding ortho intramolecular Hbond substituents is 1. The summed E-state index contributed by atoms with van der Waals surface area (Å²) in [6, 6.07) is 8.71. The molecule has 0 radical (unpaired) electrons. The van der Waals surface area contributed by atoms with Crippen molar-refractivity contribution in [3.63, 3.8) is 0 Å². The van der Waals surface area contributed by atoms with Crippen LogP contribution in [-0.2, 0) is 9.36 Å². The fraction of sp³-hybridized carbons (Fsp3) is 0. The second-order valence-electron chi connectivity index (χ2n) is 1.62. The third-order valence-electron chi connectivity index (χ3n) is 0.756. The van der Waals surface area contributed by atoms with Crippen LogP contribution in [-0.4, -0.2) is 21.7 Å². The average Bonchev–Trinajstić information content (AvgIpc) is 2.08. The summed E-state index contributed by atoms with van der Waals surface area (Å²) in [5.74, 6) is 0.322. The molecule has 13 heavy (non-hydrogen) atoms. The molecule has 0 saturated carbocycles. The first kappa shape index (κ1) is 14.4. The van der Waals surface area contributed by atoms with Gasteiger partial charge in [0.05, 0.1) is 0 Å². The third kappa shape index (κ3) is 18.1. The standard InChI is InChI=1S/C6H6O.CH2O.H3O3P/c7-6-4-2-1-3-5-6;1-2;1-4(2)3/h1-5,7H;1H2;4H,(H2,1,2,3). The second kappa shape index (κ2) is 10.8. The normalized spacial score (nSPS) is 7.62. The molecule has 1 rings (SSSR count). The fourth-order valence-corrected chi connectivity index (χ4v) is 0.428. The highest BCUT2D eigenvalue weighted by Gasteiger charge is 1.74. The number of aromatic hydroxyl groups is 1. The van der Waals surface area contributed by atoms with Crippen molar-refractivity contribution < 1.29 is 24.3 Å². The molecule has 1 aromatic carbocycles. The summed E-state index contributed by atoms with van der Waals surface area (Å²) in [5.41, 5.74) is 0. The van der Waals surface area contributed by atoms with Gasteiger partial charge in [0.25, 0.3) is 0 Å². The Morgan fingerprint density at radius 2 is 1.38 bits per heavy atom. The number of phenols is 1. The van der Waals surface area contributed by atoms with Crippen molar-refractivity contribution in [2.24, 2.45) is 0 Å². The smallest absolute Gasteiger partial charge is 0.314 e. The van der Waals surface area contributed by atoms with E-state index in [1.165, 1.54) is 0 Å². The van der Waals surface area contributed by atoms with Gasteiger partial charge in [-0.2, -0.15) is 0 Å². The van der Waals surface area contributed by atoms with Crippen molar-refractivity contribution in [3.05, 3.63) is 30.3 Å². The average molecular weight is 206 g/mol. The van der Waals surface area contributed by atoms with Crippen molar-refractivity contribution in [1.82, 2.24) is 0 Å². The molecule has 1 aromatic rings. The van der Waals surface area contributed by atoms with Gasteiger partial charge >= 0.3 is 8.25 Å². The Morgan fingerprint density at radius 3 is 1.54 bits per heavy atom. The molecule has 0 fully saturated rings. The molecule has 74 valence electrons. The molecule has 0 bridgehead atoms. The highest BCUT2D eigenvalue weighted by molar-refractivity contribution is 7.30. The first-order valence-corrected chi connectivity index (χ1v) is 4.38. The summed E-state index contributed by atoms with van der Waals surface area (Å²) in [6.07, 6.45) is 0. The predicted octanol–water partition coefficient (Wildman–Crippen LogP) is 0.568. The van der Waals surface area contributed by atoms with Crippen molar-refractivity contribution in [2.75, 3.05) is 0 Å². The van der Waals surface area contributed by atoms with Gasteiger partial charge in [0.1, 0.15) is 12.5 Å². The van der Waals surface area contributed by atoms with Crippen LogP contribution in [0.5, 0.6) is 5.75 Å². The number of benzene rings is 1. The largest absolute Gasteiger partial charge is 0.508 e. The lowest BCUT2D eigenvalue weighted by Crippen LogP contribution is -1.56. The van der Waals surface area contributed by atoms with E-state index in [0.29, 0.717) is 5.75 Å². The number of carbonyl (C=O) groups excluding carboxylic acids is 1. The molecule has 0 spiro atoms. The molecule has 5 nitrogen and oxygen atoms in total. The monoisotopic (exact) mass is 206 g/mol. The first-order valence-electron chi connectivity index (χ1n) is 3.07. The molecule has 0 amide bonds. The molecular weight excluding hydrogens is 195 g/mol. The summed E-state index contributed by atoms with van der Waals surface area (Å²) in [4.78, 5) is 22.3. The first-order chi connectivity index (χ1) is 6.13. The van der Waals surface area contributed by atoms with Gasteiger partial charge in [-0.15, -0.1) is 0 Å². The van der Waals surface area contributed by atoms with Crippen LogP contribution < -0.4 is 0 Å². The Labute approximate surface area is 76.2 Å². The van der Waals surface area contributed by atoms with Crippen molar-refractivity contribution in [1.29, 1.82) is 0 Å². The molecule has 0 aliphatic rings. The van der Waals surface area contributed by atoms with Gasteiger partial charge in [-0.1, -0.05) is 18.2 Å². The van der Waals surface area contributed by atoms with Crippen LogP contribution in [0.15, 0.2) is 30.3 Å². The predicted molar refractivity (Wildman–Crippen MR) is 48.7 cm³/mol. The lowest BCUT2D eigenvalue weighted by Gasteiger charge is -1.82. The molecule has 0 unspecified atom stereocenters. The lowest BCUT2D eigenvalue weighted by atomic mass is 10.3. The minimum atomic E-state index is -3.13. The van der Waals surface area contributed by atoms with E-state index in [1.807, 2.05) is 12.9 Å². The topological polar surface area (TPSA) is 94.8 Å². The maximum absolute atomic E-state index is 8.74. The molecule has 3 N–H and O–H groups in total. The molecular formula is C7H11O5P. The van der Waals surface area contributed by atoms with Gasteiger partial charge in [-0.05, 0) is 12.1 Å². The Morgan fingerprint density at radius 1 is 1.08 bits per heavy atom. The molecule has 6 heteroatoms. The third-order valence-corrected chi connectivity index (χ3v) is 0.756. The van der Waals surface area contributed by atoms with E-state index in [1.54, 1.807) is 24.3 Å². The van der Waals surface area contributed by atoms with Gasteiger partial charge in [0.15, 0.2) is 0 Å². The van der Waals surface area contributed by atoms with Crippen LogP contribution in [0.4, 0.5) is 0 Å². The van der Waals surface area contributed by atoms with Gasteiger partial charge < -0.3 is 19.7 Å². The van der Waals surface area contributed by atoms with Gasteiger partial charge in [-0.25, -0.2) is 0 Å². The Balaban J connectivity index is 0. The zero-order chi connectivity index (χ0) is 10.7. The highest BCUT2D eigenvalue weighted by atomic mass is 31.1. The van der Waals surface area contributed by atoms with Crippen LogP contribution in [0.25, 0.3) is 0 Å². The Kier molecular flexibility index (Phi) is 12.0. The van der Waals surface area contributed by atoms with Crippen molar-refractivity contribution >= 4 is 15.0 Å². The molecule has 0 aliphatic carbocycles. The minimum absolute atomic E-state index is 0.322. The SMILES string of the molecule is C=O.O=[PH](O)O.Oc1ccccc1.